The fourth-order valence-electron chi connectivity index (χ4n) is 2.32. The average Bonchev–Trinajstić information content (AvgIpc) is 2.88. The van der Waals surface area contributed by atoms with Crippen LogP contribution in [0.2, 0.25) is 0 Å². The highest BCUT2D eigenvalue weighted by Crippen LogP contribution is 2.30. The summed E-state index contributed by atoms with van der Waals surface area (Å²) in [5, 5.41) is 8.98. The van der Waals surface area contributed by atoms with Crippen molar-refractivity contribution in [3.8, 4) is 0 Å². The number of hydrogen-bond donors (Lipinski definition) is 1. The highest BCUT2D eigenvalue weighted by molar-refractivity contribution is 4.92. The number of aliphatic hydroxyl groups excluding tert-OH is 1. The lowest BCUT2D eigenvalue weighted by atomic mass is 10.1. The van der Waals surface area contributed by atoms with E-state index in [1.807, 2.05) is 0 Å². The van der Waals surface area contributed by atoms with Crippen molar-refractivity contribution in [2.45, 2.75) is 31.3 Å². The molecule has 76 valence electrons. The molecule has 0 aromatic carbocycles. The quantitative estimate of drug-likeness (QED) is 0.676. The van der Waals surface area contributed by atoms with Gasteiger partial charge in [-0.2, -0.15) is 0 Å². The maximum Gasteiger partial charge on any atom is 0.0446 e. The molecule has 1 unspecified atom stereocenters. The monoisotopic (exact) mass is 184 g/mol. The van der Waals surface area contributed by atoms with Gasteiger partial charge in [-0.3, -0.25) is 4.90 Å². The van der Waals surface area contributed by atoms with Crippen LogP contribution in [0, 0.1) is 0 Å². The number of piperazine rings is 1. The maximum atomic E-state index is 8.98. The first-order valence-electron chi connectivity index (χ1n) is 5.36. The first kappa shape index (κ1) is 9.44. The molecular weight excluding hydrogens is 164 g/mol. The molecule has 0 aromatic rings. The molecule has 3 nitrogen and oxygen atoms in total. The molecule has 1 N–H and O–H groups in total. The number of hydrogen-bond acceptors (Lipinski definition) is 3. The second-order valence-corrected chi connectivity index (χ2v) is 4.40. The summed E-state index contributed by atoms with van der Waals surface area (Å²) < 4.78 is 0. The number of nitrogens with zero attached hydrogens (tertiary/aromatic N) is 2. The third-order valence-electron chi connectivity index (χ3n) is 3.21. The summed E-state index contributed by atoms with van der Waals surface area (Å²) >= 11 is 0. The first-order valence-corrected chi connectivity index (χ1v) is 5.36. The van der Waals surface area contributed by atoms with E-state index in [0.29, 0.717) is 12.6 Å². The van der Waals surface area contributed by atoms with Crippen molar-refractivity contribution in [2.24, 2.45) is 0 Å². The maximum absolute atomic E-state index is 8.98. The molecule has 0 radical (unpaired) electrons. The van der Waals surface area contributed by atoms with E-state index in [1.165, 1.54) is 25.9 Å². The van der Waals surface area contributed by atoms with Crippen molar-refractivity contribution in [1.29, 1.82) is 0 Å². The molecule has 1 atom stereocenters. The Morgan fingerprint density at radius 1 is 1.31 bits per heavy atom. The van der Waals surface area contributed by atoms with Crippen LogP contribution < -0.4 is 0 Å². The molecule has 1 saturated heterocycles. The van der Waals surface area contributed by atoms with Gasteiger partial charge in [0.15, 0.2) is 0 Å². The second kappa shape index (κ2) is 3.95. The summed E-state index contributed by atoms with van der Waals surface area (Å²) in [5.41, 5.74) is 0. The predicted octanol–water partition coefficient (Wildman–Crippen LogP) is 0.147. The standard InChI is InChI=1S/C10H20N2O/c1-11-5-6-12(9-2-3-9)10(8-11)4-7-13/h9-10,13H,2-8H2,1H3. The summed E-state index contributed by atoms with van der Waals surface area (Å²) in [7, 11) is 2.18. The summed E-state index contributed by atoms with van der Waals surface area (Å²) in [6.07, 6.45) is 3.71. The van der Waals surface area contributed by atoms with Gasteiger partial charge in [0.2, 0.25) is 0 Å². The van der Waals surface area contributed by atoms with Crippen molar-refractivity contribution in [3.63, 3.8) is 0 Å². The highest BCUT2D eigenvalue weighted by atomic mass is 16.3. The molecule has 0 spiro atoms. The lowest BCUT2D eigenvalue weighted by Crippen LogP contribution is -2.52. The summed E-state index contributed by atoms with van der Waals surface area (Å²) in [4.78, 5) is 4.98. The minimum Gasteiger partial charge on any atom is -0.396 e. The van der Waals surface area contributed by atoms with Gasteiger partial charge in [-0.25, -0.2) is 0 Å². The highest BCUT2D eigenvalue weighted by Gasteiger charge is 2.35. The molecular formula is C10H20N2O. The number of aliphatic hydroxyl groups is 1. The zero-order chi connectivity index (χ0) is 9.26. The molecule has 1 aliphatic carbocycles. The van der Waals surface area contributed by atoms with Gasteiger partial charge in [0.05, 0.1) is 0 Å². The van der Waals surface area contributed by atoms with Crippen LogP contribution in [0.15, 0.2) is 0 Å². The van der Waals surface area contributed by atoms with Crippen LogP contribution in [0.5, 0.6) is 0 Å². The van der Waals surface area contributed by atoms with Crippen LogP contribution in [0.3, 0.4) is 0 Å². The lowest BCUT2D eigenvalue weighted by molar-refractivity contribution is 0.0664. The molecule has 2 aliphatic rings. The van der Waals surface area contributed by atoms with E-state index in [4.69, 9.17) is 5.11 Å². The zero-order valence-corrected chi connectivity index (χ0v) is 8.45. The Kier molecular flexibility index (Phi) is 2.86. The van der Waals surface area contributed by atoms with Crippen molar-refractivity contribution >= 4 is 0 Å². The molecule has 1 saturated carbocycles. The van der Waals surface area contributed by atoms with Crippen LogP contribution in [-0.2, 0) is 0 Å². The van der Waals surface area contributed by atoms with Crippen molar-refractivity contribution < 1.29 is 5.11 Å². The molecule has 3 heteroatoms. The van der Waals surface area contributed by atoms with Gasteiger partial charge in [0, 0.05) is 38.3 Å². The smallest absolute Gasteiger partial charge is 0.0446 e. The average molecular weight is 184 g/mol. The van der Waals surface area contributed by atoms with Crippen LogP contribution in [-0.4, -0.2) is 60.3 Å². The van der Waals surface area contributed by atoms with Crippen LogP contribution in [0.1, 0.15) is 19.3 Å². The van der Waals surface area contributed by atoms with Gasteiger partial charge < -0.3 is 10.0 Å². The van der Waals surface area contributed by atoms with Crippen LogP contribution >= 0.6 is 0 Å². The van der Waals surface area contributed by atoms with Crippen molar-refractivity contribution in [3.05, 3.63) is 0 Å². The van der Waals surface area contributed by atoms with Crippen molar-refractivity contribution in [1.82, 2.24) is 9.80 Å². The third kappa shape index (κ3) is 2.22. The first-order chi connectivity index (χ1) is 6.31. The van der Waals surface area contributed by atoms with E-state index in [-0.39, 0.29) is 0 Å². The normalized spacial score (nSPS) is 32.3. The topological polar surface area (TPSA) is 26.7 Å². The predicted molar refractivity (Wildman–Crippen MR) is 52.7 cm³/mol. The van der Waals surface area contributed by atoms with E-state index >= 15 is 0 Å². The largest absolute Gasteiger partial charge is 0.396 e. The Bertz CT molecular complexity index is 170. The zero-order valence-electron chi connectivity index (χ0n) is 8.45. The molecule has 1 heterocycles. The minimum atomic E-state index is 0.335. The molecule has 0 bridgehead atoms. The van der Waals surface area contributed by atoms with Gasteiger partial charge in [-0.1, -0.05) is 0 Å². The summed E-state index contributed by atoms with van der Waals surface area (Å²) in [6.45, 7) is 3.86. The molecule has 1 aliphatic heterocycles. The molecule has 0 amide bonds. The summed E-state index contributed by atoms with van der Waals surface area (Å²) in [6, 6.07) is 1.46. The Morgan fingerprint density at radius 2 is 2.08 bits per heavy atom. The van der Waals surface area contributed by atoms with Gasteiger partial charge in [0.1, 0.15) is 0 Å². The van der Waals surface area contributed by atoms with Crippen LogP contribution in [0.25, 0.3) is 0 Å². The van der Waals surface area contributed by atoms with E-state index in [0.717, 1.165) is 19.0 Å². The molecule has 0 aromatic heterocycles. The van der Waals surface area contributed by atoms with Crippen molar-refractivity contribution in [2.75, 3.05) is 33.3 Å². The van der Waals surface area contributed by atoms with Gasteiger partial charge in [-0.05, 0) is 26.3 Å². The lowest BCUT2D eigenvalue weighted by Gasteiger charge is -2.40. The fourth-order valence-corrected chi connectivity index (χ4v) is 2.32. The Morgan fingerprint density at radius 3 is 2.69 bits per heavy atom. The van der Waals surface area contributed by atoms with Gasteiger partial charge >= 0.3 is 0 Å². The third-order valence-corrected chi connectivity index (χ3v) is 3.21. The Balaban J connectivity index is 1.90. The Labute approximate surface area is 80.3 Å². The second-order valence-electron chi connectivity index (χ2n) is 4.40. The van der Waals surface area contributed by atoms with Gasteiger partial charge in [-0.15, -0.1) is 0 Å². The molecule has 2 rings (SSSR count). The van der Waals surface area contributed by atoms with E-state index in [2.05, 4.69) is 16.8 Å². The van der Waals surface area contributed by atoms with E-state index < -0.39 is 0 Å². The molecule has 2 fully saturated rings. The number of likely N-dealkylation sites (N-methyl/N-ethyl adjacent to an activating group) is 1. The minimum absolute atomic E-state index is 0.335. The molecule has 13 heavy (non-hydrogen) atoms. The number of rotatable bonds is 3. The summed E-state index contributed by atoms with van der Waals surface area (Å²) in [5.74, 6) is 0. The Hall–Kier alpha value is -0.120. The van der Waals surface area contributed by atoms with E-state index in [9.17, 15) is 0 Å². The SMILES string of the molecule is CN1CCN(C2CC2)C(CCO)C1. The van der Waals surface area contributed by atoms with E-state index in [1.54, 1.807) is 0 Å². The van der Waals surface area contributed by atoms with Gasteiger partial charge in [0.25, 0.3) is 0 Å². The fraction of sp³-hybridized carbons (Fsp3) is 1.00. The van der Waals surface area contributed by atoms with Crippen LogP contribution in [0.4, 0.5) is 0 Å².